The zero-order valence-corrected chi connectivity index (χ0v) is 19.7. The molecular weight excluding hydrogens is 414 g/mol. The Kier molecular flexibility index (Phi) is 6.59. The first-order chi connectivity index (χ1) is 14.9. The highest BCUT2D eigenvalue weighted by Crippen LogP contribution is 2.66. The molecule has 1 saturated carbocycles. The monoisotopic (exact) mass is 451 g/mol. The van der Waals surface area contributed by atoms with Gasteiger partial charge in [0.1, 0.15) is 6.04 Å². The molecule has 1 aliphatic carbocycles. The molecule has 3 amide bonds. The fraction of sp³-hybridized carbons (Fsp3) is 0.870. The molecule has 4 rings (SSSR count). The molecule has 1 spiro atoms. The standard InChI is InChI=1S/C23H37N3O4S/c1-4-13(2)15(12-27)26-19(21(29)25-14-8-6-5-7-9-14)23-11-10-16(31-23)17(20(28)24-3)18(23)22(26)30/h13-19,27H,4-12H2,1-3H3,(H,24,28)(H,25,29)/t13-,15-,16-,17+,18-,19?,23?/m0/s1. The Balaban J connectivity index is 1.71. The van der Waals surface area contributed by atoms with Gasteiger partial charge in [-0.05, 0) is 31.6 Å². The Bertz CT molecular complexity index is 728. The molecule has 3 saturated heterocycles. The summed E-state index contributed by atoms with van der Waals surface area (Å²) in [6, 6.07) is -0.879. The number of thioether (sulfide) groups is 1. The fourth-order valence-electron chi connectivity index (χ4n) is 6.56. The van der Waals surface area contributed by atoms with Crippen molar-refractivity contribution in [3.8, 4) is 0 Å². The number of hydrogen-bond acceptors (Lipinski definition) is 5. The van der Waals surface area contributed by atoms with Crippen LogP contribution in [-0.2, 0) is 14.4 Å². The van der Waals surface area contributed by atoms with Crippen LogP contribution in [0.25, 0.3) is 0 Å². The molecule has 2 bridgehead atoms. The van der Waals surface area contributed by atoms with E-state index in [2.05, 4.69) is 10.6 Å². The first-order valence-corrected chi connectivity index (χ1v) is 12.9. The number of nitrogens with zero attached hydrogens (tertiary/aromatic N) is 1. The van der Waals surface area contributed by atoms with Gasteiger partial charge in [-0.3, -0.25) is 14.4 Å². The van der Waals surface area contributed by atoms with Gasteiger partial charge in [0.15, 0.2) is 0 Å². The van der Waals surface area contributed by atoms with Crippen molar-refractivity contribution in [1.29, 1.82) is 0 Å². The molecule has 4 fully saturated rings. The van der Waals surface area contributed by atoms with Crippen molar-refractivity contribution in [3.63, 3.8) is 0 Å². The predicted molar refractivity (Wildman–Crippen MR) is 120 cm³/mol. The molecule has 0 aromatic carbocycles. The molecule has 2 unspecified atom stereocenters. The molecule has 0 aromatic rings. The van der Waals surface area contributed by atoms with Gasteiger partial charge in [0.2, 0.25) is 17.7 Å². The van der Waals surface area contributed by atoms with Gasteiger partial charge in [0.25, 0.3) is 0 Å². The molecule has 3 aliphatic heterocycles. The van der Waals surface area contributed by atoms with Crippen molar-refractivity contribution in [2.24, 2.45) is 17.8 Å². The van der Waals surface area contributed by atoms with E-state index < -0.39 is 28.7 Å². The third kappa shape index (κ3) is 3.58. The first kappa shape index (κ1) is 22.9. The van der Waals surface area contributed by atoms with Crippen molar-refractivity contribution in [1.82, 2.24) is 15.5 Å². The quantitative estimate of drug-likeness (QED) is 0.547. The number of amides is 3. The van der Waals surface area contributed by atoms with Crippen LogP contribution in [0.1, 0.15) is 65.2 Å². The van der Waals surface area contributed by atoms with E-state index in [0.29, 0.717) is 0 Å². The Morgan fingerprint density at radius 1 is 1.23 bits per heavy atom. The maximum absolute atomic E-state index is 13.9. The zero-order chi connectivity index (χ0) is 22.3. The van der Waals surface area contributed by atoms with E-state index >= 15 is 0 Å². The maximum Gasteiger partial charge on any atom is 0.244 e. The van der Waals surface area contributed by atoms with Gasteiger partial charge < -0.3 is 20.6 Å². The summed E-state index contributed by atoms with van der Waals surface area (Å²) in [5, 5.41) is 16.4. The van der Waals surface area contributed by atoms with Crippen molar-refractivity contribution in [2.75, 3.05) is 13.7 Å². The van der Waals surface area contributed by atoms with E-state index in [4.69, 9.17) is 0 Å². The van der Waals surface area contributed by atoms with Crippen LogP contribution in [0.2, 0.25) is 0 Å². The van der Waals surface area contributed by atoms with Crippen LogP contribution >= 0.6 is 11.8 Å². The van der Waals surface area contributed by atoms with Gasteiger partial charge >= 0.3 is 0 Å². The average Bonchev–Trinajstić information content (AvgIpc) is 3.42. The molecule has 174 valence electrons. The molecule has 7 nitrogen and oxygen atoms in total. The number of nitrogens with one attached hydrogen (secondary N) is 2. The fourth-order valence-corrected chi connectivity index (χ4v) is 8.76. The summed E-state index contributed by atoms with van der Waals surface area (Å²) in [7, 11) is 1.62. The normalized spacial score (nSPS) is 36.9. The van der Waals surface area contributed by atoms with Crippen molar-refractivity contribution in [3.05, 3.63) is 0 Å². The molecule has 8 heteroatoms. The minimum atomic E-state index is -0.622. The van der Waals surface area contributed by atoms with Gasteiger partial charge in [-0.1, -0.05) is 39.5 Å². The van der Waals surface area contributed by atoms with Gasteiger partial charge in [-0.15, -0.1) is 11.8 Å². The summed E-state index contributed by atoms with van der Waals surface area (Å²) >= 11 is 1.69. The van der Waals surface area contributed by atoms with Crippen LogP contribution in [0.15, 0.2) is 0 Å². The Morgan fingerprint density at radius 3 is 2.55 bits per heavy atom. The third-order valence-corrected chi connectivity index (χ3v) is 10.3. The highest BCUT2D eigenvalue weighted by atomic mass is 32.2. The molecule has 0 aromatic heterocycles. The number of likely N-dealkylation sites (tertiary alicyclic amines) is 1. The largest absolute Gasteiger partial charge is 0.394 e. The number of carbonyl (C=O) groups is 3. The Morgan fingerprint density at radius 2 is 1.94 bits per heavy atom. The lowest BCUT2D eigenvalue weighted by atomic mass is 9.70. The van der Waals surface area contributed by atoms with Gasteiger partial charge in [0, 0.05) is 18.3 Å². The highest BCUT2D eigenvalue weighted by Gasteiger charge is 2.74. The second kappa shape index (κ2) is 8.93. The van der Waals surface area contributed by atoms with Crippen LogP contribution in [0.3, 0.4) is 0 Å². The third-order valence-electron chi connectivity index (χ3n) is 8.33. The molecule has 7 atom stereocenters. The van der Waals surface area contributed by atoms with Crippen LogP contribution in [0.5, 0.6) is 0 Å². The predicted octanol–water partition coefficient (Wildman–Crippen LogP) is 1.68. The molecule has 0 radical (unpaired) electrons. The van der Waals surface area contributed by atoms with Crippen molar-refractivity contribution < 1.29 is 19.5 Å². The summed E-state index contributed by atoms with van der Waals surface area (Å²) in [5.41, 5.74) is 0. The Hall–Kier alpha value is -1.28. The van der Waals surface area contributed by atoms with E-state index in [1.807, 2.05) is 13.8 Å². The van der Waals surface area contributed by atoms with E-state index in [-0.39, 0.29) is 41.5 Å². The summed E-state index contributed by atoms with van der Waals surface area (Å²) < 4.78 is -0.571. The summed E-state index contributed by atoms with van der Waals surface area (Å²) in [6.07, 6.45) is 7.82. The summed E-state index contributed by atoms with van der Waals surface area (Å²) in [5.74, 6) is -1.13. The maximum atomic E-state index is 13.9. The topological polar surface area (TPSA) is 98.7 Å². The SMILES string of the molecule is CC[C@H](C)[C@H](CO)N1C(=O)[C@@H]2[C@H](C(=O)NC)[C@@H]3CCC2(S3)C1C(=O)NC1CCCCC1. The average molecular weight is 452 g/mol. The molecule has 3 heterocycles. The number of hydrogen-bond donors (Lipinski definition) is 3. The van der Waals surface area contributed by atoms with E-state index in [9.17, 15) is 19.5 Å². The van der Waals surface area contributed by atoms with Crippen LogP contribution in [0, 0.1) is 17.8 Å². The molecule has 31 heavy (non-hydrogen) atoms. The summed E-state index contributed by atoms with van der Waals surface area (Å²) in [4.78, 5) is 42.1. The Labute approximate surface area is 189 Å². The number of carbonyl (C=O) groups excluding carboxylic acids is 3. The molecular formula is C23H37N3O4S. The second-order valence-corrected chi connectivity index (χ2v) is 11.5. The smallest absolute Gasteiger partial charge is 0.244 e. The first-order valence-electron chi connectivity index (χ1n) is 12.0. The molecule has 3 N–H and O–H groups in total. The highest BCUT2D eigenvalue weighted by molar-refractivity contribution is 8.02. The van der Waals surface area contributed by atoms with E-state index in [1.54, 1.807) is 23.7 Å². The number of fused-ring (bicyclic) bond motifs is 1. The van der Waals surface area contributed by atoms with Crippen LogP contribution < -0.4 is 10.6 Å². The lowest BCUT2D eigenvalue weighted by Crippen LogP contribution is -2.59. The molecule has 4 aliphatic rings. The van der Waals surface area contributed by atoms with Crippen molar-refractivity contribution in [2.45, 2.75) is 93.3 Å². The minimum absolute atomic E-state index is 0.0646. The van der Waals surface area contributed by atoms with Crippen LogP contribution in [0.4, 0.5) is 0 Å². The lowest BCUT2D eigenvalue weighted by molar-refractivity contribution is -0.144. The second-order valence-electron chi connectivity index (χ2n) is 9.89. The van der Waals surface area contributed by atoms with Gasteiger partial charge in [0.05, 0.1) is 29.2 Å². The number of rotatable bonds is 7. The lowest BCUT2D eigenvalue weighted by Gasteiger charge is -2.40. The number of aliphatic hydroxyl groups excluding tert-OH is 1. The van der Waals surface area contributed by atoms with Crippen LogP contribution in [-0.4, -0.2) is 69.5 Å². The zero-order valence-electron chi connectivity index (χ0n) is 18.9. The van der Waals surface area contributed by atoms with E-state index in [1.165, 1.54) is 6.42 Å². The number of aliphatic hydroxyl groups is 1. The van der Waals surface area contributed by atoms with Crippen molar-refractivity contribution >= 4 is 29.5 Å². The van der Waals surface area contributed by atoms with Gasteiger partial charge in [-0.2, -0.15) is 0 Å². The van der Waals surface area contributed by atoms with Gasteiger partial charge in [-0.25, -0.2) is 0 Å². The van der Waals surface area contributed by atoms with E-state index in [0.717, 1.165) is 44.9 Å². The summed E-state index contributed by atoms with van der Waals surface area (Å²) in [6.45, 7) is 3.89. The minimum Gasteiger partial charge on any atom is -0.394 e.